The van der Waals surface area contributed by atoms with Gasteiger partial charge in [0.25, 0.3) is 0 Å². The summed E-state index contributed by atoms with van der Waals surface area (Å²) >= 11 is 3.41. The van der Waals surface area contributed by atoms with Gasteiger partial charge in [-0.25, -0.2) is 0 Å². The van der Waals surface area contributed by atoms with Gasteiger partial charge >= 0.3 is 0 Å². The fourth-order valence-electron chi connectivity index (χ4n) is 1.85. The van der Waals surface area contributed by atoms with E-state index in [0.717, 1.165) is 22.3 Å². The lowest BCUT2D eigenvalue weighted by Crippen LogP contribution is -2.34. The summed E-state index contributed by atoms with van der Waals surface area (Å²) < 4.78 is 5.99. The Morgan fingerprint density at radius 3 is 2.83 bits per heavy atom. The number of carbonyl (C=O) groups excluding carboxylic acids is 1. The van der Waals surface area contributed by atoms with Gasteiger partial charge in [0.15, 0.2) is 0 Å². The third-order valence-corrected chi connectivity index (χ3v) is 3.72. The minimum Gasteiger partial charge on any atom is -0.496 e. The zero-order valence-electron chi connectivity index (χ0n) is 10.3. The first-order chi connectivity index (χ1) is 8.61. The molecule has 4 nitrogen and oxygen atoms in total. The van der Waals surface area contributed by atoms with Crippen molar-refractivity contribution in [3.05, 3.63) is 28.2 Å². The molecule has 98 valence electrons. The molecule has 0 heterocycles. The number of primary amides is 1. The molecular weight excluding hydrogens is 296 g/mol. The van der Waals surface area contributed by atoms with Crippen LogP contribution in [0.1, 0.15) is 24.4 Å². The van der Waals surface area contributed by atoms with E-state index < -0.39 is 6.04 Å². The van der Waals surface area contributed by atoms with Crippen LogP contribution in [0.2, 0.25) is 0 Å². The van der Waals surface area contributed by atoms with Crippen molar-refractivity contribution in [3.63, 3.8) is 0 Å². The Morgan fingerprint density at radius 2 is 2.33 bits per heavy atom. The number of nitrogens with one attached hydrogen (secondary N) is 1. The molecule has 0 aromatic heterocycles. The first-order valence-corrected chi connectivity index (χ1v) is 6.77. The molecular formula is C13H17BrN2O2. The standard InChI is InChI=1S/C13H17BrN2O2/c1-18-11-5-4-9(6-10(11)14)12(13(15)17)16-7-8-2-3-8/h4-6,8,12,16H,2-3,7H2,1H3,(H2,15,17). The van der Waals surface area contributed by atoms with Crippen LogP contribution in [0.25, 0.3) is 0 Å². The lowest BCUT2D eigenvalue weighted by Gasteiger charge is -2.16. The summed E-state index contributed by atoms with van der Waals surface area (Å²) in [6.07, 6.45) is 2.48. The summed E-state index contributed by atoms with van der Waals surface area (Å²) in [4.78, 5) is 11.5. The average Bonchev–Trinajstić information content (AvgIpc) is 3.13. The number of ether oxygens (including phenoxy) is 1. The van der Waals surface area contributed by atoms with E-state index in [4.69, 9.17) is 10.5 Å². The molecule has 1 aliphatic rings. The predicted molar refractivity (Wildman–Crippen MR) is 73.4 cm³/mol. The zero-order chi connectivity index (χ0) is 13.1. The van der Waals surface area contributed by atoms with Crippen molar-refractivity contribution in [2.24, 2.45) is 11.7 Å². The van der Waals surface area contributed by atoms with E-state index >= 15 is 0 Å². The van der Waals surface area contributed by atoms with Gasteiger partial charge in [-0.05, 0) is 58.9 Å². The van der Waals surface area contributed by atoms with Gasteiger partial charge in [-0.1, -0.05) is 6.07 Å². The summed E-state index contributed by atoms with van der Waals surface area (Å²) in [5, 5.41) is 3.23. The van der Waals surface area contributed by atoms with Crippen LogP contribution in [0.3, 0.4) is 0 Å². The minimum atomic E-state index is -0.437. The van der Waals surface area contributed by atoms with E-state index in [-0.39, 0.29) is 5.91 Å². The van der Waals surface area contributed by atoms with Gasteiger partial charge in [-0.2, -0.15) is 0 Å². The molecule has 1 unspecified atom stereocenters. The fourth-order valence-corrected chi connectivity index (χ4v) is 2.41. The molecule has 2 rings (SSSR count). The van der Waals surface area contributed by atoms with Crippen LogP contribution in [-0.4, -0.2) is 19.6 Å². The van der Waals surface area contributed by atoms with Crippen LogP contribution < -0.4 is 15.8 Å². The lowest BCUT2D eigenvalue weighted by atomic mass is 10.1. The number of benzene rings is 1. The summed E-state index contributed by atoms with van der Waals surface area (Å²) in [7, 11) is 1.61. The van der Waals surface area contributed by atoms with Crippen LogP contribution >= 0.6 is 15.9 Å². The second-order valence-corrected chi connectivity index (χ2v) is 5.44. The number of nitrogens with two attached hydrogens (primary N) is 1. The molecule has 18 heavy (non-hydrogen) atoms. The minimum absolute atomic E-state index is 0.354. The second-order valence-electron chi connectivity index (χ2n) is 4.58. The fraction of sp³-hybridized carbons (Fsp3) is 0.462. The molecule has 5 heteroatoms. The molecule has 1 aliphatic carbocycles. The molecule has 1 atom stereocenters. The van der Waals surface area contributed by atoms with Crippen molar-refractivity contribution in [2.75, 3.05) is 13.7 Å². The van der Waals surface area contributed by atoms with Crippen LogP contribution in [0, 0.1) is 5.92 Å². The maximum Gasteiger partial charge on any atom is 0.239 e. The average molecular weight is 313 g/mol. The second kappa shape index (κ2) is 5.71. The van der Waals surface area contributed by atoms with Gasteiger partial charge in [0.2, 0.25) is 5.91 Å². The molecule has 0 aliphatic heterocycles. The number of amides is 1. The predicted octanol–water partition coefficient (Wildman–Crippen LogP) is 1.98. The van der Waals surface area contributed by atoms with Crippen LogP contribution in [-0.2, 0) is 4.79 Å². The Kier molecular flexibility index (Phi) is 4.24. The summed E-state index contributed by atoms with van der Waals surface area (Å²) in [5.41, 5.74) is 6.31. The van der Waals surface area contributed by atoms with Gasteiger partial charge in [-0.3, -0.25) is 4.79 Å². The smallest absolute Gasteiger partial charge is 0.239 e. The molecule has 1 aromatic carbocycles. The van der Waals surface area contributed by atoms with Crippen molar-refractivity contribution < 1.29 is 9.53 Å². The molecule has 1 aromatic rings. The maximum atomic E-state index is 11.5. The molecule has 1 amide bonds. The molecule has 1 saturated carbocycles. The Hall–Kier alpha value is -1.07. The first kappa shape index (κ1) is 13.4. The highest BCUT2D eigenvalue weighted by Gasteiger charge is 2.25. The van der Waals surface area contributed by atoms with Crippen LogP contribution in [0.4, 0.5) is 0 Å². The van der Waals surface area contributed by atoms with E-state index in [9.17, 15) is 4.79 Å². The molecule has 0 radical (unpaired) electrons. The highest BCUT2D eigenvalue weighted by atomic mass is 79.9. The van der Waals surface area contributed by atoms with Crippen LogP contribution in [0.5, 0.6) is 5.75 Å². The number of hydrogen-bond donors (Lipinski definition) is 2. The highest BCUT2D eigenvalue weighted by molar-refractivity contribution is 9.10. The third-order valence-electron chi connectivity index (χ3n) is 3.10. The Balaban J connectivity index is 2.13. The molecule has 0 spiro atoms. The number of carbonyl (C=O) groups is 1. The molecule has 1 fully saturated rings. The summed E-state index contributed by atoms with van der Waals surface area (Å²) in [6, 6.07) is 5.12. The lowest BCUT2D eigenvalue weighted by molar-refractivity contribution is -0.120. The SMILES string of the molecule is COc1ccc(C(NCC2CC2)C(N)=O)cc1Br. The number of hydrogen-bond acceptors (Lipinski definition) is 3. The Morgan fingerprint density at radius 1 is 1.61 bits per heavy atom. The van der Waals surface area contributed by atoms with Gasteiger partial charge < -0.3 is 15.8 Å². The normalized spacial score (nSPS) is 16.3. The monoisotopic (exact) mass is 312 g/mol. The van der Waals surface area contributed by atoms with E-state index in [0.29, 0.717) is 5.92 Å². The van der Waals surface area contributed by atoms with Gasteiger partial charge in [0.1, 0.15) is 11.8 Å². The largest absolute Gasteiger partial charge is 0.496 e. The summed E-state index contributed by atoms with van der Waals surface area (Å²) in [5.74, 6) is 1.09. The zero-order valence-corrected chi connectivity index (χ0v) is 11.9. The third kappa shape index (κ3) is 3.23. The van der Waals surface area contributed by atoms with E-state index in [1.54, 1.807) is 7.11 Å². The summed E-state index contributed by atoms with van der Waals surface area (Å²) in [6.45, 7) is 0.844. The number of rotatable bonds is 6. The van der Waals surface area contributed by atoms with Crippen LogP contribution in [0.15, 0.2) is 22.7 Å². The molecule has 0 bridgehead atoms. The Bertz CT molecular complexity index is 447. The maximum absolute atomic E-state index is 11.5. The van der Waals surface area contributed by atoms with Gasteiger partial charge in [-0.15, -0.1) is 0 Å². The van der Waals surface area contributed by atoms with Crippen molar-refractivity contribution in [2.45, 2.75) is 18.9 Å². The molecule has 0 saturated heterocycles. The van der Waals surface area contributed by atoms with E-state index in [1.807, 2.05) is 18.2 Å². The van der Waals surface area contributed by atoms with Crippen molar-refractivity contribution in [1.29, 1.82) is 0 Å². The highest BCUT2D eigenvalue weighted by Crippen LogP contribution is 2.30. The van der Waals surface area contributed by atoms with Gasteiger partial charge in [0, 0.05) is 0 Å². The quantitative estimate of drug-likeness (QED) is 0.844. The van der Waals surface area contributed by atoms with E-state index in [1.165, 1.54) is 12.8 Å². The first-order valence-electron chi connectivity index (χ1n) is 5.98. The molecule has 3 N–H and O–H groups in total. The van der Waals surface area contributed by atoms with Crippen molar-refractivity contribution >= 4 is 21.8 Å². The number of methoxy groups -OCH3 is 1. The Labute approximate surface area is 115 Å². The van der Waals surface area contributed by atoms with Gasteiger partial charge in [0.05, 0.1) is 11.6 Å². The van der Waals surface area contributed by atoms with Crippen molar-refractivity contribution in [3.8, 4) is 5.75 Å². The number of halogens is 1. The van der Waals surface area contributed by atoms with E-state index in [2.05, 4.69) is 21.2 Å². The van der Waals surface area contributed by atoms with Crippen molar-refractivity contribution in [1.82, 2.24) is 5.32 Å². The topological polar surface area (TPSA) is 64.3 Å².